The van der Waals surface area contributed by atoms with E-state index in [2.05, 4.69) is 36.8 Å². The van der Waals surface area contributed by atoms with Crippen LogP contribution in [-0.4, -0.2) is 60.3 Å². The van der Waals surface area contributed by atoms with Crippen molar-refractivity contribution in [2.45, 2.75) is 196 Å². The van der Waals surface area contributed by atoms with E-state index >= 15 is 0 Å². The SMILES string of the molecule is C.C.CCCc1ccccn1.CN(Cc1ccccn1)C(=O)[C@H]1CC[C@H]2[C@@H]3CC[C@@H]4C[C@](C)(O)CC[C@@H]4[C@H]3CC[C@]12C.C[C@@]1(O)CC[C@H]2[C@H](CC[C@@H]3[C@@H]2CC[C@]2(C)[C@@H](C(=O)O)CC[C@@H]32)C1. The van der Waals surface area contributed by atoms with E-state index in [1.165, 1.54) is 76.3 Å². The lowest BCUT2D eigenvalue weighted by molar-refractivity contribution is -0.150. The van der Waals surface area contributed by atoms with Gasteiger partial charge >= 0.3 is 5.97 Å². The van der Waals surface area contributed by atoms with Crippen LogP contribution in [0.4, 0.5) is 0 Å². The first-order chi connectivity index (χ1) is 30.0. The Kier molecular flexibility index (Phi) is 16.5. The topological polar surface area (TPSA) is 124 Å². The Morgan fingerprint density at radius 1 is 0.600 bits per heavy atom. The highest BCUT2D eigenvalue weighted by Gasteiger charge is 2.61. The molecule has 364 valence electrons. The molecule has 16 atom stereocenters. The van der Waals surface area contributed by atoms with Crippen molar-refractivity contribution in [2.75, 3.05) is 7.05 Å². The Labute approximate surface area is 395 Å². The van der Waals surface area contributed by atoms with Gasteiger partial charge in [0.2, 0.25) is 5.91 Å². The fourth-order valence-electron chi connectivity index (χ4n) is 16.9. The molecule has 8 nitrogen and oxygen atoms in total. The molecule has 0 unspecified atom stereocenters. The standard InChI is InChI=1S/C27H40N2O2.C20H32O3.C8H11N.2CH4/c1-26(31)13-11-20-18(16-26)7-8-22-21(20)12-14-27(2)23(22)9-10-24(27)25(30)29(3)17-19-6-4-5-15-28-19;1-19(23)9-7-13-12(11-19)3-4-15-14(13)8-10-20(2)16(15)5-6-17(20)18(21)22;1-2-5-8-6-3-4-7-9-8;;/h4-6,15,18,20-24,31H,7-14,16-17H2,1-3H3;12-17,23H,3-11H2,1-2H3,(H,21,22);3-4,6-7H,2,5H2,1H3;2*1H4/t18-,20+,21-,22-,23+,24-,26-,27+;12-,13+,14-,15-,16+,17-,19-,20+;;;/m11.../s1. The lowest BCUT2D eigenvalue weighted by Crippen LogP contribution is -2.51. The second-order valence-corrected chi connectivity index (χ2v) is 23.6. The molecule has 0 spiro atoms. The lowest BCUT2D eigenvalue weighted by Gasteiger charge is -2.57. The van der Waals surface area contributed by atoms with Gasteiger partial charge in [-0.25, -0.2) is 0 Å². The van der Waals surface area contributed by atoms with Crippen LogP contribution >= 0.6 is 0 Å². The third-order valence-electron chi connectivity index (χ3n) is 19.8. The first-order valence-electron chi connectivity index (χ1n) is 25.8. The highest BCUT2D eigenvalue weighted by molar-refractivity contribution is 5.80. The zero-order valence-corrected chi connectivity index (χ0v) is 39.9. The maximum absolute atomic E-state index is 13.5. The number of fused-ring (bicyclic) bond motifs is 10. The number of rotatable bonds is 6. The fraction of sp³-hybridized carbons (Fsp3) is 0.789. The Balaban J connectivity index is 0.000000181. The summed E-state index contributed by atoms with van der Waals surface area (Å²) in [6.45, 7) is 11.5. The van der Waals surface area contributed by atoms with Gasteiger partial charge in [-0.3, -0.25) is 19.6 Å². The van der Waals surface area contributed by atoms with Crippen LogP contribution in [0.25, 0.3) is 0 Å². The molecule has 0 aromatic carbocycles. The Morgan fingerprint density at radius 3 is 1.52 bits per heavy atom. The van der Waals surface area contributed by atoms with Gasteiger partial charge in [-0.1, -0.05) is 54.2 Å². The molecule has 8 fully saturated rings. The summed E-state index contributed by atoms with van der Waals surface area (Å²) >= 11 is 0. The highest BCUT2D eigenvalue weighted by atomic mass is 16.4. The molecular weight excluding hydrogens is 807 g/mol. The van der Waals surface area contributed by atoms with Crippen LogP contribution in [0.5, 0.6) is 0 Å². The number of carboxylic acid groups (broad SMARTS) is 1. The number of amides is 1. The van der Waals surface area contributed by atoms with E-state index in [4.69, 9.17) is 0 Å². The van der Waals surface area contributed by atoms with Crippen LogP contribution in [0.15, 0.2) is 48.8 Å². The second kappa shape index (κ2) is 20.8. The monoisotopic (exact) mass is 898 g/mol. The van der Waals surface area contributed by atoms with E-state index in [-0.39, 0.29) is 37.5 Å². The van der Waals surface area contributed by atoms with Crippen LogP contribution in [0.2, 0.25) is 0 Å². The fourth-order valence-corrected chi connectivity index (χ4v) is 16.9. The van der Waals surface area contributed by atoms with E-state index in [0.717, 1.165) is 105 Å². The van der Waals surface area contributed by atoms with Crippen molar-refractivity contribution in [2.24, 2.45) is 81.8 Å². The Morgan fingerprint density at radius 2 is 1.06 bits per heavy atom. The summed E-state index contributed by atoms with van der Waals surface area (Å²) in [5.74, 6) is 7.36. The molecular formula is C57H91N3O5. The first-order valence-corrected chi connectivity index (χ1v) is 25.8. The molecule has 2 aromatic heterocycles. The van der Waals surface area contributed by atoms with Crippen LogP contribution < -0.4 is 0 Å². The van der Waals surface area contributed by atoms with Gasteiger partial charge in [0, 0.05) is 31.1 Å². The second-order valence-electron chi connectivity index (χ2n) is 23.6. The van der Waals surface area contributed by atoms with E-state index in [1.54, 1.807) is 0 Å². The van der Waals surface area contributed by atoms with Crippen molar-refractivity contribution in [3.8, 4) is 0 Å². The number of aromatic nitrogens is 2. The molecule has 2 aromatic rings. The van der Waals surface area contributed by atoms with Crippen molar-refractivity contribution in [1.29, 1.82) is 0 Å². The van der Waals surface area contributed by atoms with Crippen molar-refractivity contribution < 1.29 is 24.9 Å². The van der Waals surface area contributed by atoms with E-state index < -0.39 is 17.2 Å². The smallest absolute Gasteiger partial charge is 0.307 e. The Bertz CT molecular complexity index is 1850. The lowest BCUT2D eigenvalue weighted by atomic mass is 9.49. The summed E-state index contributed by atoms with van der Waals surface area (Å²) in [6.07, 6.45) is 26.5. The number of aryl methyl sites for hydroxylation is 1. The summed E-state index contributed by atoms with van der Waals surface area (Å²) in [4.78, 5) is 35.7. The number of hydrogen-bond acceptors (Lipinski definition) is 6. The molecule has 1 amide bonds. The summed E-state index contributed by atoms with van der Waals surface area (Å²) < 4.78 is 0. The summed E-state index contributed by atoms with van der Waals surface area (Å²) in [6, 6.07) is 12.0. The highest BCUT2D eigenvalue weighted by Crippen LogP contribution is 2.66. The molecule has 0 saturated heterocycles. The van der Waals surface area contributed by atoms with Crippen LogP contribution in [0, 0.1) is 81.8 Å². The van der Waals surface area contributed by atoms with Crippen molar-refractivity contribution in [1.82, 2.24) is 14.9 Å². The van der Waals surface area contributed by atoms with Gasteiger partial charge in [0.1, 0.15) is 0 Å². The summed E-state index contributed by atoms with van der Waals surface area (Å²) in [7, 11) is 1.96. The maximum atomic E-state index is 13.5. The van der Waals surface area contributed by atoms with E-state index in [9.17, 15) is 24.9 Å². The minimum Gasteiger partial charge on any atom is -0.481 e. The van der Waals surface area contributed by atoms with Gasteiger partial charge < -0.3 is 20.2 Å². The number of pyridine rings is 2. The first kappa shape index (κ1) is 51.5. The van der Waals surface area contributed by atoms with Crippen molar-refractivity contribution in [3.63, 3.8) is 0 Å². The van der Waals surface area contributed by atoms with Gasteiger partial charge in [0.25, 0.3) is 0 Å². The molecule has 65 heavy (non-hydrogen) atoms. The van der Waals surface area contributed by atoms with Crippen LogP contribution in [-0.2, 0) is 22.6 Å². The summed E-state index contributed by atoms with van der Waals surface area (Å²) in [5.41, 5.74) is 1.47. The van der Waals surface area contributed by atoms with Crippen molar-refractivity contribution >= 4 is 11.9 Å². The largest absolute Gasteiger partial charge is 0.481 e. The molecule has 8 heteroatoms. The number of aliphatic hydroxyl groups is 2. The zero-order chi connectivity index (χ0) is 44.7. The minimum absolute atomic E-state index is 0. The van der Waals surface area contributed by atoms with Gasteiger partial charge in [-0.15, -0.1) is 0 Å². The van der Waals surface area contributed by atoms with E-state index in [1.807, 2.05) is 68.5 Å². The number of aliphatic carboxylic acids is 1. The average Bonchev–Trinajstić information content (AvgIpc) is 3.80. The number of carbonyl (C=O) groups excluding carboxylic acids is 1. The summed E-state index contributed by atoms with van der Waals surface area (Å²) in [5, 5.41) is 30.7. The molecule has 0 radical (unpaired) electrons. The predicted octanol–water partition coefficient (Wildman–Crippen LogP) is 12.5. The molecule has 8 aliphatic carbocycles. The third kappa shape index (κ3) is 10.6. The molecule has 8 aliphatic rings. The molecule has 2 heterocycles. The molecule has 0 bridgehead atoms. The maximum Gasteiger partial charge on any atom is 0.307 e. The number of carbonyl (C=O) groups is 2. The van der Waals surface area contributed by atoms with Crippen LogP contribution in [0.3, 0.4) is 0 Å². The van der Waals surface area contributed by atoms with Gasteiger partial charge in [0.05, 0.1) is 29.4 Å². The van der Waals surface area contributed by atoms with E-state index in [0.29, 0.717) is 30.2 Å². The third-order valence-corrected chi connectivity index (χ3v) is 19.8. The Hall–Kier alpha value is -2.84. The zero-order valence-electron chi connectivity index (χ0n) is 39.9. The van der Waals surface area contributed by atoms with Crippen LogP contribution in [0.1, 0.15) is 183 Å². The molecule has 10 rings (SSSR count). The van der Waals surface area contributed by atoms with Gasteiger partial charge in [0.15, 0.2) is 0 Å². The number of hydrogen-bond donors (Lipinski definition) is 3. The minimum atomic E-state index is -0.559. The molecule has 0 aliphatic heterocycles. The predicted molar refractivity (Wildman–Crippen MR) is 262 cm³/mol. The average molecular weight is 898 g/mol. The quantitative estimate of drug-likeness (QED) is 0.264. The van der Waals surface area contributed by atoms with Crippen molar-refractivity contribution in [3.05, 3.63) is 60.2 Å². The number of nitrogens with zero attached hydrogens (tertiary/aromatic N) is 3. The van der Waals surface area contributed by atoms with Gasteiger partial charge in [-0.05, 0) is 230 Å². The molecule has 3 N–H and O–H groups in total. The van der Waals surface area contributed by atoms with Gasteiger partial charge in [-0.2, -0.15) is 0 Å². The number of carboxylic acids is 1. The normalized spacial score (nSPS) is 42.0. The molecule has 8 saturated carbocycles.